The summed E-state index contributed by atoms with van der Waals surface area (Å²) in [6.07, 6.45) is 1.42. The van der Waals surface area contributed by atoms with E-state index in [2.05, 4.69) is 15.8 Å². The van der Waals surface area contributed by atoms with Gasteiger partial charge in [0, 0.05) is 5.69 Å². The van der Waals surface area contributed by atoms with E-state index in [1.807, 2.05) is 0 Å². The Hall–Kier alpha value is -1.79. The van der Waals surface area contributed by atoms with Crippen molar-refractivity contribution in [1.82, 2.24) is 5.43 Å². The molecule has 7 heteroatoms. The number of hydrazone groups is 1. The summed E-state index contributed by atoms with van der Waals surface area (Å²) in [5.74, 6) is -0.954. The third kappa shape index (κ3) is 5.74. The number of nitrogens with zero attached hydrogens (tertiary/aromatic N) is 1. The summed E-state index contributed by atoms with van der Waals surface area (Å²) >= 11 is 0. The molecule has 0 spiro atoms. The Morgan fingerprint density at radius 1 is 1.35 bits per heavy atom. The predicted octanol–water partition coefficient (Wildman–Crippen LogP) is 0.744. The van der Waals surface area contributed by atoms with Gasteiger partial charge in [0.2, 0.25) is 0 Å². The standard InChI is InChI=1S/C10H13N3O3.ClH/c14-6-5-12-13-7-11-9-3-1-8(2-4-9)10(15)16;/h1-4,7,12,14H,5-6H2,(H,11,13)(H,15,16);1H. The van der Waals surface area contributed by atoms with Gasteiger partial charge >= 0.3 is 5.97 Å². The van der Waals surface area contributed by atoms with E-state index in [-0.39, 0.29) is 24.6 Å². The average molecular weight is 260 g/mol. The molecule has 94 valence electrons. The van der Waals surface area contributed by atoms with Crippen molar-refractivity contribution in [2.75, 3.05) is 18.5 Å². The summed E-state index contributed by atoms with van der Waals surface area (Å²) in [5.41, 5.74) is 3.57. The molecule has 6 nitrogen and oxygen atoms in total. The molecule has 1 rings (SSSR count). The zero-order valence-electron chi connectivity index (χ0n) is 8.96. The molecule has 1 aromatic carbocycles. The summed E-state index contributed by atoms with van der Waals surface area (Å²) in [7, 11) is 0. The molecular formula is C10H14ClN3O3. The molecule has 0 bridgehead atoms. The minimum absolute atomic E-state index is 0. The van der Waals surface area contributed by atoms with Crippen molar-refractivity contribution in [2.24, 2.45) is 5.10 Å². The van der Waals surface area contributed by atoms with Gasteiger partial charge in [-0.25, -0.2) is 4.79 Å². The fourth-order valence-electron chi connectivity index (χ4n) is 0.976. The molecule has 0 saturated heterocycles. The average Bonchev–Trinajstić information content (AvgIpc) is 2.29. The molecule has 0 radical (unpaired) electrons. The van der Waals surface area contributed by atoms with Gasteiger partial charge in [0.05, 0.1) is 18.7 Å². The minimum atomic E-state index is -0.954. The van der Waals surface area contributed by atoms with Gasteiger partial charge in [0.15, 0.2) is 0 Å². The van der Waals surface area contributed by atoms with E-state index in [1.54, 1.807) is 12.1 Å². The number of hydrogen-bond donors (Lipinski definition) is 4. The lowest BCUT2D eigenvalue weighted by molar-refractivity contribution is 0.0697. The van der Waals surface area contributed by atoms with Crippen LogP contribution in [0.25, 0.3) is 0 Å². The normalized spacial score (nSPS) is 9.71. The topological polar surface area (TPSA) is 94.0 Å². The zero-order valence-corrected chi connectivity index (χ0v) is 9.78. The highest BCUT2D eigenvalue weighted by Gasteiger charge is 2.00. The van der Waals surface area contributed by atoms with Gasteiger partial charge in [-0.05, 0) is 24.3 Å². The molecular weight excluding hydrogens is 246 g/mol. The predicted molar refractivity (Wildman–Crippen MR) is 67.9 cm³/mol. The number of anilines is 1. The number of carboxylic acids is 1. The fourth-order valence-corrected chi connectivity index (χ4v) is 0.976. The summed E-state index contributed by atoms with van der Waals surface area (Å²) in [6.45, 7) is 0.404. The lowest BCUT2D eigenvalue weighted by atomic mass is 10.2. The van der Waals surface area contributed by atoms with Gasteiger partial charge in [-0.3, -0.25) is 0 Å². The number of carbonyl (C=O) groups is 1. The zero-order chi connectivity index (χ0) is 11.8. The highest BCUT2D eigenvalue weighted by Crippen LogP contribution is 2.08. The van der Waals surface area contributed by atoms with E-state index in [4.69, 9.17) is 10.2 Å². The fraction of sp³-hybridized carbons (Fsp3) is 0.200. The first-order valence-electron chi connectivity index (χ1n) is 4.69. The summed E-state index contributed by atoms with van der Waals surface area (Å²) in [6, 6.07) is 6.28. The van der Waals surface area contributed by atoms with Crippen molar-refractivity contribution in [3.63, 3.8) is 0 Å². The molecule has 1 aromatic rings. The van der Waals surface area contributed by atoms with Gasteiger partial charge in [-0.15, -0.1) is 12.4 Å². The molecule has 17 heavy (non-hydrogen) atoms. The van der Waals surface area contributed by atoms with E-state index in [1.165, 1.54) is 18.5 Å². The Kier molecular flexibility index (Phi) is 7.49. The van der Waals surface area contributed by atoms with E-state index < -0.39 is 5.97 Å². The third-order valence-corrected chi connectivity index (χ3v) is 1.74. The van der Waals surface area contributed by atoms with Gasteiger partial charge in [0.1, 0.15) is 6.34 Å². The number of rotatable bonds is 6. The molecule has 0 atom stereocenters. The van der Waals surface area contributed by atoms with Crippen LogP contribution >= 0.6 is 12.4 Å². The molecule has 0 aliphatic carbocycles. The maximum Gasteiger partial charge on any atom is 0.335 e. The van der Waals surface area contributed by atoms with Crippen LogP contribution in [-0.2, 0) is 0 Å². The van der Waals surface area contributed by atoms with Crippen LogP contribution in [-0.4, -0.2) is 35.7 Å². The molecule has 0 aliphatic rings. The smallest absolute Gasteiger partial charge is 0.335 e. The van der Waals surface area contributed by atoms with E-state index in [0.717, 1.165) is 5.69 Å². The lowest BCUT2D eigenvalue weighted by Crippen LogP contribution is -2.12. The molecule has 0 fully saturated rings. The molecule has 0 aliphatic heterocycles. The van der Waals surface area contributed by atoms with Gasteiger partial charge < -0.3 is 21.0 Å². The largest absolute Gasteiger partial charge is 0.478 e. The number of carboxylic acid groups (broad SMARTS) is 1. The highest BCUT2D eigenvalue weighted by atomic mass is 35.5. The number of aliphatic hydroxyl groups is 1. The highest BCUT2D eigenvalue weighted by molar-refractivity contribution is 5.88. The van der Waals surface area contributed by atoms with Crippen LogP contribution in [0.4, 0.5) is 5.69 Å². The summed E-state index contributed by atoms with van der Waals surface area (Å²) in [5, 5.41) is 23.7. The summed E-state index contributed by atoms with van der Waals surface area (Å²) in [4.78, 5) is 10.6. The van der Waals surface area contributed by atoms with Crippen LogP contribution in [0.3, 0.4) is 0 Å². The van der Waals surface area contributed by atoms with Crippen molar-refractivity contribution in [1.29, 1.82) is 0 Å². The van der Waals surface area contributed by atoms with E-state index in [0.29, 0.717) is 6.54 Å². The van der Waals surface area contributed by atoms with Crippen LogP contribution in [0, 0.1) is 0 Å². The van der Waals surface area contributed by atoms with Crippen LogP contribution in [0.1, 0.15) is 10.4 Å². The van der Waals surface area contributed by atoms with Crippen molar-refractivity contribution < 1.29 is 15.0 Å². The first kappa shape index (κ1) is 15.2. The lowest BCUT2D eigenvalue weighted by Gasteiger charge is -2.00. The van der Waals surface area contributed by atoms with Crippen LogP contribution in [0.15, 0.2) is 29.4 Å². The SMILES string of the molecule is Cl.O=C(O)c1ccc(NC=NNCCO)cc1. The number of halogens is 1. The Balaban J connectivity index is 0.00000256. The second kappa shape index (κ2) is 8.37. The Morgan fingerprint density at radius 2 is 2.00 bits per heavy atom. The number of hydrogen-bond acceptors (Lipinski definition) is 4. The molecule has 0 aromatic heterocycles. The Bertz CT molecular complexity index is 368. The van der Waals surface area contributed by atoms with Crippen LogP contribution in [0.2, 0.25) is 0 Å². The monoisotopic (exact) mass is 259 g/mol. The van der Waals surface area contributed by atoms with Crippen molar-refractivity contribution in [3.05, 3.63) is 29.8 Å². The van der Waals surface area contributed by atoms with Crippen molar-refractivity contribution >= 4 is 30.4 Å². The van der Waals surface area contributed by atoms with Gasteiger partial charge in [0.25, 0.3) is 0 Å². The van der Waals surface area contributed by atoms with Crippen LogP contribution < -0.4 is 10.7 Å². The molecule has 0 heterocycles. The van der Waals surface area contributed by atoms with Crippen molar-refractivity contribution in [3.8, 4) is 0 Å². The maximum atomic E-state index is 10.6. The van der Waals surface area contributed by atoms with E-state index in [9.17, 15) is 4.79 Å². The number of aliphatic hydroxyl groups excluding tert-OH is 1. The molecule has 0 amide bonds. The number of benzene rings is 1. The second-order valence-electron chi connectivity index (χ2n) is 2.92. The third-order valence-electron chi connectivity index (χ3n) is 1.74. The molecule has 0 saturated carbocycles. The minimum Gasteiger partial charge on any atom is -0.478 e. The van der Waals surface area contributed by atoms with Crippen LogP contribution in [0.5, 0.6) is 0 Å². The van der Waals surface area contributed by atoms with Crippen molar-refractivity contribution in [2.45, 2.75) is 0 Å². The first-order chi connectivity index (χ1) is 7.74. The second-order valence-corrected chi connectivity index (χ2v) is 2.92. The Morgan fingerprint density at radius 3 is 2.53 bits per heavy atom. The molecule has 0 unspecified atom stereocenters. The Labute approximate surface area is 105 Å². The first-order valence-corrected chi connectivity index (χ1v) is 4.69. The van der Waals surface area contributed by atoms with Gasteiger partial charge in [-0.2, -0.15) is 5.10 Å². The maximum absolute atomic E-state index is 10.6. The summed E-state index contributed by atoms with van der Waals surface area (Å²) < 4.78 is 0. The quantitative estimate of drug-likeness (QED) is 0.262. The number of nitrogens with one attached hydrogen (secondary N) is 2. The molecule has 4 N–H and O–H groups in total. The van der Waals surface area contributed by atoms with E-state index >= 15 is 0 Å². The number of aromatic carboxylic acids is 1. The van der Waals surface area contributed by atoms with Gasteiger partial charge in [-0.1, -0.05) is 0 Å².